The highest BCUT2D eigenvalue weighted by Gasteiger charge is 2.31. The summed E-state index contributed by atoms with van der Waals surface area (Å²) >= 11 is 0.846. The molecular weight excluding hydrogens is 314 g/mol. The smallest absolute Gasteiger partial charge is 0.356 e. The van der Waals surface area contributed by atoms with E-state index in [4.69, 9.17) is 5.11 Å². The van der Waals surface area contributed by atoms with Gasteiger partial charge in [0.1, 0.15) is 0 Å². The second-order valence-electron chi connectivity index (χ2n) is 5.33. The van der Waals surface area contributed by atoms with E-state index in [2.05, 4.69) is 9.88 Å². The quantitative estimate of drug-likeness (QED) is 0.857. The van der Waals surface area contributed by atoms with Crippen molar-refractivity contribution in [2.45, 2.75) is 17.1 Å². The van der Waals surface area contributed by atoms with Crippen molar-refractivity contribution < 1.29 is 18.3 Å². The molecule has 1 aromatic heterocycles. The fourth-order valence-corrected chi connectivity index (χ4v) is 4.99. The maximum atomic E-state index is 12.5. The van der Waals surface area contributed by atoms with Crippen LogP contribution in [0.4, 0.5) is 0 Å². The van der Waals surface area contributed by atoms with Gasteiger partial charge >= 0.3 is 5.97 Å². The highest BCUT2D eigenvalue weighted by molar-refractivity contribution is 7.91. The van der Waals surface area contributed by atoms with Crippen molar-refractivity contribution in [1.82, 2.24) is 14.2 Å². The van der Waals surface area contributed by atoms with Crippen molar-refractivity contribution in [3.63, 3.8) is 0 Å². The maximum absolute atomic E-state index is 12.5. The lowest BCUT2D eigenvalue weighted by molar-refractivity contribution is 0.0687. The van der Waals surface area contributed by atoms with Crippen LogP contribution in [0.25, 0.3) is 0 Å². The molecule has 0 aliphatic carbocycles. The van der Waals surface area contributed by atoms with E-state index < -0.39 is 21.7 Å². The van der Waals surface area contributed by atoms with Crippen molar-refractivity contribution in [2.75, 3.05) is 33.7 Å². The van der Waals surface area contributed by atoms with Crippen LogP contribution in [0.1, 0.15) is 23.3 Å². The predicted molar refractivity (Wildman–Crippen MR) is 79.1 cm³/mol. The lowest BCUT2D eigenvalue weighted by Crippen LogP contribution is -2.38. The number of rotatable bonds is 5. The van der Waals surface area contributed by atoms with Gasteiger partial charge in [0.25, 0.3) is 10.0 Å². The van der Waals surface area contributed by atoms with Crippen LogP contribution < -0.4 is 0 Å². The van der Waals surface area contributed by atoms with Crippen LogP contribution in [-0.2, 0) is 10.0 Å². The van der Waals surface area contributed by atoms with Gasteiger partial charge in [-0.25, -0.2) is 18.2 Å². The zero-order valence-corrected chi connectivity index (χ0v) is 13.7. The van der Waals surface area contributed by atoms with Gasteiger partial charge in [0.2, 0.25) is 0 Å². The van der Waals surface area contributed by atoms with E-state index >= 15 is 0 Å². The van der Waals surface area contributed by atoms with E-state index in [1.165, 1.54) is 16.9 Å². The largest absolute Gasteiger partial charge is 0.476 e. The Balaban J connectivity index is 2.12. The van der Waals surface area contributed by atoms with E-state index in [0.29, 0.717) is 12.5 Å². The number of carboxylic acid groups (broad SMARTS) is 1. The first-order valence-corrected chi connectivity index (χ1v) is 8.96. The Labute approximate surface area is 128 Å². The summed E-state index contributed by atoms with van der Waals surface area (Å²) < 4.78 is 26.0. The molecule has 0 aromatic carbocycles. The molecule has 2 rings (SSSR count). The molecule has 1 fully saturated rings. The van der Waals surface area contributed by atoms with E-state index in [-0.39, 0.29) is 4.21 Å². The van der Waals surface area contributed by atoms with Crippen LogP contribution in [0.3, 0.4) is 0 Å². The standard InChI is InChI=1S/C12H19N3O4S2/c1-14-5-3-9(4-6-14)7-15(2)21(18,19)12-10(11(16)17)13-8-20-12/h8-9H,3-7H2,1-2H3,(H,16,17). The Morgan fingerprint density at radius 3 is 2.71 bits per heavy atom. The van der Waals surface area contributed by atoms with Crippen LogP contribution in [0, 0.1) is 5.92 Å². The molecule has 0 radical (unpaired) electrons. The molecule has 9 heteroatoms. The minimum absolute atomic E-state index is 0.189. The molecule has 0 saturated carbocycles. The molecule has 21 heavy (non-hydrogen) atoms. The van der Waals surface area contributed by atoms with Crippen LogP contribution in [0.5, 0.6) is 0 Å². The third-order valence-electron chi connectivity index (χ3n) is 3.74. The first kappa shape index (κ1) is 16.3. The number of nitrogens with zero attached hydrogens (tertiary/aromatic N) is 3. The Morgan fingerprint density at radius 1 is 1.52 bits per heavy atom. The van der Waals surface area contributed by atoms with E-state index in [1.54, 1.807) is 0 Å². The number of aromatic carboxylic acids is 1. The van der Waals surface area contributed by atoms with Crippen molar-refractivity contribution in [2.24, 2.45) is 5.92 Å². The normalized spacial score (nSPS) is 18.2. The first-order valence-electron chi connectivity index (χ1n) is 6.64. The second kappa shape index (κ2) is 6.39. The number of sulfonamides is 1. The lowest BCUT2D eigenvalue weighted by atomic mass is 9.97. The minimum atomic E-state index is -3.79. The summed E-state index contributed by atoms with van der Waals surface area (Å²) in [6, 6.07) is 0. The molecule has 1 aromatic rings. The molecule has 1 saturated heterocycles. The van der Waals surface area contributed by atoms with Gasteiger partial charge in [0, 0.05) is 13.6 Å². The number of thiazole rings is 1. The topological polar surface area (TPSA) is 90.8 Å². The number of hydrogen-bond acceptors (Lipinski definition) is 6. The minimum Gasteiger partial charge on any atom is -0.476 e. The van der Waals surface area contributed by atoms with E-state index in [0.717, 1.165) is 37.3 Å². The summed E-state index contributed by atoms with van der Waals surface area (Å²) in [6.45, 7) is 2.33. The van der Waals surface area contributed by atoms with Gasteiger partial charge in [0.15, 0.2) is 9.90 Å². The lowest BCUT2D eigenvalue weighted by Gasteiger charge is -2.31. The summed E-state index contributed by atoms with van der Waals surface area (Å²) in [5, 5.41) is 9.01. The molecule has 2 heterocycles. The number of hydrogen-bond donors (Lipinski definition) is 1. The van der Waals surface area contributed by atoms with Crippen LogP contribution >= 0.6 is 11.3 Å². The molecule has 1 aliphatic heterocycles. The van der Waals surface area contributed by atoms with Gasteiger partial charge < -0.3 is 10.0 Å². The predicted octanol–water partition coefficient (Wildman–Crippen LogP) is 0.804. The first-order chi connectivity index (χ1) is 9.82. The SMILES string of the molecule is CN1CCC(CN(C)S(=O)(=O)c2scnc2C(=O)O)CC1. The average molecular weight is 333 g/mol. The van der Waals surface area contributed by atoms with Crippen molar-refractivity contribution >= 4 is 27.3 Å². The summed E-state index contributed by atoms with van der Waals surface area (Å²) in [5.74, 6) is -1.01. The monoisotopic (exact) mass is 333 g/mol. The van der Waals surface area contributed by atoms with Crippen LogP contribution in [0.2, 0.25) is 0 Å². The molecular formula is C12H19N3O4S2. The number of carbonyl (C=O) groups is 1. The number of aromatic nitrogens is 1. The van der Waals surface area contributed by atoms with Gasteiger partial charge in [-0.15, -0.1) is 11.3 Å². The molecule has 1 aliphatic rings. The van der Waals surface area contributed by atoms with E-state index in [1.807, 2.05) is 7.05 Å². The van der Waals surface area contributed by atoms with Crippen LogP contribution in [0.15, 0.2) is 9.72 Å². The maximum Gasteiger partial charge on any atom is 0.356 e. The molecule has 0 unspecified atom stereocenters. The third kappa shape index (κ3) is 3.60. The molecule has 7 nitrogen and oxygen atoms in total. The highest BCUT2D eigenvalue weighted by Crippen LogP contribution is 2.25. The van der Waals surface area contributed by atoms with Gasteiger partial charge in [0.05, 0.1) is 5.51 Å². The molecule has 0 atom stereocenters. The molecule has 0 amide bonds. The Bertz CT molecular complexity index is 606. The fraction of sp³-hybridized carbons (Fsp3) is 0.667. The fourth-order valence-electron chi connectivity index (χ4n) is 2.41. The number of likely N-dealkylation sites (tertiary alicyclic amines) is 1. The van der Waals surface area contributed by atoms with Gasteiger partial charge in [-0.05, 0) is 38.9 Å². The molecule has 1 N–H and O–H groups in total. The Morgan fingerprint density at radius 2 is 2.14 bits per heavy atom. The van der Waals surface area contributed by atoms with E-state index in [9.17, 15) is 13.2 Å². The zero-order valence-electron chi connectivity index (χ0n) is 12.0. The molecule has 0 spiro atoms. The Kier molecular flexibility index (Phi) is 4.97. The number of piperidine rings is 1. The molecule has 0 bridgehead atoms. The summed E-state index contributed by atoms with van der Waals surface area (Å²) in [4.78, 5) is 16.9. The summed E-state index contributed by atoms with van der Waals surface area (Å²) in [6.07, 6.45) is 1.90. The van der Waals surface area contributed by atoms with Crippen LogP contribution in [-0.4, -0.2) is 67.4 Å². The Hall–Kier alpha value is -1.03. The second-order valence-corrected chi connectivity index (χ2v) is 8.42. The number of carboxylic acids is 1. The molecule has 118 valence electrons. The van der Waals surface area contributed by atoms with Crippen molar-refractivity contribution in [3.05, 3.63) is 11.2 Å². The van der Waals surface area contributed by atoms with Crippen molar-refractivity contribution in [3.8, 4) is 0 Å². The van der Waals surface area contributed by atoms with Gasteiger partial charge in [-0.3, -0.25) is 0 Å². The zero-order chi connectivity index (χ0) is 15.6. The van der Waals surface area contributed by atoms with Crippen molar-refractivity contribution in [1.29, 1.82) is 0 Å². The average Bonchev–Trinajstić information content (AvgIpc) is 2.91. The van der Waals surface area contributed by atoms with Gasteiger partial charge in [-0.2, -0.15) is 4.31 Å². The summed E-state index contributed by atoms with van der Waals surface area (Å²) in [5.41, 5.74) is 0.856. The van der Waals surface area contributed by atoms with Gasteiger partial charge in [-0.1, -0.05) is 0 Å². The highest BCUT2D eigenvalue weighted by atomic mass is 32.2. The third-order valence-corrected chi connectivity index (χ3v) is 6.91. The summed E-state index contributed by atoms with van der Waals surface area (Å²) in [7, 11) is -0.242.